The van der Waals surface area contributed by atoms with Crippen molar-refractivity contribution < 1.29 is 9.50 Å². The highest BCUT2D eigenvalue weighted by Crippen LogP contribution is 2.30. The first-order valence-corrected chi connectivity index (χ1v) is 6.27. The van der Waals surface area contributed by atoms with Gasteiger partial charge in [-0.1, -0.05) is 6.92 Å². The summed E-state index contributed by atoms with van der Waals surface area (Å²) in [5.41, 5.74) is 1.67. The molecule has 0 spiro atoms. The second-order valence-corrected chi connectivity index (χ2v) is 5.12. The first-order valence-electron chi connectivity index (χ1n) is 6.27. The molecule has 0 bridgehead atoms. The van der Waals surface area contributed by atoms with Gasteiger partial charge >= 0.3 is 0 Å². The summed E-state index contributed by atoms with van der Waals surface area (Å²) in [6, 6.07) is 5.15. The molecule has 1 aliphatic rings. The van der Waals surface area contributed by atoms with Crippen LogP contribution in [0.25, 0.3) is 0 Å². The lowest BCUT2D eigenvalue weighted by Crippen LogP contribution is -2.41. The van der Waals surface area contributed by atoms with Crippen molar-refractivity contribution in [1.82, 2.24) is 0 Å². The second kappa shape index (κ2) is 5.05. The molecule has 1 aromatic rings. The second-order valence-electron chi connectivity index (χ2n) is 5.12. The van der Waals surface area contributed by atoms with Gasteiger partial charge in [0.1, 0.15) is 5.82 Å². The van der Waals surface area contributed by atoms with Gasteiger partial charge in [-0.2, -0.15) is 0 Å². The van der Waals surface area contributed by atoms with E-state index in [0.29, 0.717) is 17.5 Å². The first-order chi connectivity index (χ1) is 8.11. The number of anilines is 1. The molecule has 1 fully saturated rings. The van der Waals surface area contributed by atoms with E-state index in [9.17, 15) is 9.50 Å². The van der Waals surface area contributed by atoms with Crippen LogP contribution in [-0.4, -0.2) is 17.7 Å². The molecule has 1 N–H and O–H groups in total. The molecule has 0 amide bonds. The van der Waals surface area contributed by atoms with Crippen LogP contribution in [0.1, 0.15) is 32.3 Å². The Labute approximate surface area is 102 Å². The van der Waals surface area contributed by atoms with Gasteiger partial charge in [0.2, 0.25) is 0 Å². The third-order valence-electron chi connectivity index (χ3n) is 3.64. The summed E-state index contributed by atoms with van der Waals surface area (Å²) in [6.07, 6.45) is 2.40. The Kier molecular flexibility index (Phi) is 3.67. The van der Waals surface area contributed by atoms with Crippen LogP contribution in [0.3, 0.4) is 0 Å². The maximum Gasteiger partial charge on any atom is 0.123 e. The summed E-state index contributed by atoms with van der Waals surface area (Å²) in [5, 5.41) is 9.33. The minimum absolute atomic E-state index is 0.106. The van der Waals surface area contributed by atoms with Crippen LogP contribution < -0.4 is 4.90 Å². The molecule has 0 aliphatic carbocycles. The smallest absolute Gasteiger partial charge is 0.123 e. The minimum atomic E-state index is -0.282. The molecule has 1 aromatic carbocycles. The van der Waals surface area contributed by atoms with Gasteiger partial charge < -0.3 is 10.0 Å². The maximum absolute atomic E-state index is 13.1. The van der Waals surface area contributed by atoms with Gasteiger partial charge in [0.15, 0.2) is 0 Å². The Hall–Kier alpha value is -1.09. The summed E-state index contributed by atoms with van der Waals surface area (Å²) in [7, 11) is 0. The molecule has 0 aromatic heterocycles. The van der Waals surface area contributed by atoms with Crippen LogP contribution in [0, 0.1) is 11.7 Å². The molecule has 2 rings (SSSR count). The summed E-state index contributed by atoms with van der Waals surface area (Å²) in [5.74, 6) is 0.373. The summed E-state index contributed by atoms with van der Waals surface area (Å²) < 4.78 is 13.1. The predicted molar refractivity (Wildman–Crippen MR) is 67.5 cm³/mol. The number of piperidine rings is 1. The van der Waals surface area contributed by atoms with Crippen LogP contribution in [0.15, 0.2) is 18.2 Å². The van der Waals surface area contributed by atoms with Crippen molar-refractivity contribution in [3.8, 4) is 0 Å². The molecular formula is C14H20FNO. The molecule has 1 saturated heterocycles. The number of hydrogen-bond donors (Lipinski definition) is 1. The minimum Gasteiger partial charge on any atom is -0.392 e. The van der Waals surface area contributed by atoms with Crippen molar-refractivity contribution in [3.05, 3.63) is 29.6 Å². The van der Waals surface area contributed by atoms with Crippen molar-refractivity contribution in [1.29, 1.82) is 0 Å². The Balaban J connectivity index is 2.31. The highest BCUT2D eigenvalue weighted by molar-refractivity contribution is 5.54. The monoisotopic (exact) mass is 237 g/mol. The molecule has 0 radical (unpaired) electrons. The SMILES string of the molecule is CC1CCC(C)N(c2ccc(F)cc2CO)C1. The van der Waals surface area contributed by atoms with E-state index in [2.05, 4.69) is 18.7 Å². The highest BCUT2D eigenvalue weighted by atomic mass is 19.1. The normalized spacial score (nSPS) is 25.1. The van der Waals surface area contributed by atoms with Gasteiger partial charge in [-0.25, -0.2) is 4.39 Å². The van der Waals surface area contributed by atoms with Gasteiger partial charge in [-0.05, 0) is 43.9 Å². The van der Waals surface area contributed by atoms with Crippen molar-refractivity contribution in [2.24, 2.45) is 5.92 Å². The topological polar surface area (TPSA) is 23.5 Å². The Morgan fingerprint density at radius 2 is 2.12 bits per heavy atom. The standard InChI is InChI=1S/C14H20FNO/c1-10-3-4-11(2)16(8-10)14-6-5-13(15)7-12(14)9-17/h5-7,10-11,17H,3-4,8-9H2,1-2H3. The number of aliphatic hydroxyl groups is 1. The van der Waals surface area contributed by atoms with Gasteiger partial charge in [0.05, 0.1) is 6.61 Å². The molecule has 2 nitrogen and oxygen atoms in total. The fourth-order valence-electron chi connectivity index (χ4n) is 2.59. The lowest BCUT2D eigenvalue weighted by molar-refractivity contribution is 0.280. The molecule has 3 heteroatoms. The number of hydrogen-bond acceptors (Lipinski definition) is 2. The molecule has 1 heterocycles. The van der Waals surface area contributed by atoms with E-state index in [-0.39, 0.29) is 12.4 Å². The number of rotatable bonds is 2. The van der Waals surface area contributed by atoms with E-state index in [1.807, 2.05) is 0 Å². The van der Waals surface area contributed by atoms with Crippen LogP contribution in [0.4, 0.5) is 10.1 Å². The largest absolute Gasteiger partial charge is 0.392 e. The number of aliphatic hydroxyl groups excluding tert-OH is 1. The zero-order chi connectivity index (χ0) is 12.4. The van der Waals surface area contributed by atoms with E-state index in [1.54, 1.807) is 6.07 Å². The van der Waals surface area contributed by atoms with Crippen molar-refractivity contribution in [2.45, 2.75) is 39.3 Å². The Morgan fingerprint density at radius 3 is 2.82 bits per heavy atom. The lowest BCUT2D eigenvalue weighted by atomic mass is 9.94. The number of halogens is 1. The van der Waals surface area contributed by atoms with Crippen molar-refractivity contribution >= 4 is 5.69 Å². The average Bonchev–Trinajstić information content (AvgIpc) is 2.32. The zero-order valence-electron chi connectivity index (χ0n) is 10.5. The van der Waals surface area contributed by atoms with Crippen LogP contribution in [0.5, 0.6) is 0 Å². The number of nitrogens with zero attached hydrogens (tertiary/aromatic N) is 1. The first kappa shape index (κ1) is 12.4. The molecule has 0 saturated carbocycles. The fraction of sp³-hybridized carbons (Fsp3) is 0.571. The van der Waals surface area contributed by atoms with E-state index in [4.69, 9.17) is 0 Å². The summed E-state index contributed by atoms with van der Waals surface area (Å²) in [6.45, 7) is 5.31. The van der Waals surface area contributed by atoms with Gasteiger partial charge in [0.25, 0.3) is 0 Å². The third kappa shape index (κ3) is 2.60. The Morgan fingerprint density at radius 1 is 1.35 bits per heavy atom. The number of benzene rings is 1. The Bertz CT molecular complexity index is 394. The van der Waals surface area contributed by atoms with E-state index in [0.717, 1.165) is 18.7 Å². The zero-order valence-corrected chi connectivity index (χ0v) is 10.5. The third-order valence-corrected chi connectivity index (χ3v) is 3.64. The van der Waals surface area contributed by atoms with E-state index >= 15 is 0 Å². The maximum atomic E-state index is 13.1. The molecule has 2 atom stereocenters. The van der Waals surface area contributed by atoms with E-state index in [1.165, 1.54) is 18.6 Å². The van der Waals surface area contributed by atoms with Gasteiger partial charge in [0, 0.05) is 23.8 Å². The van der Waals surface area contributed by atoms with Gasteiger partial charge in [-0.15, -0.1) is 0 Å². The fourth-order valence-corrected chi connectivity index (χ4v) is 2.59. The average molecular weight is 237 g/mol. The molecule has 17 heavy (non-hydrogen) atoms. The van der Waals surface area contributed by atoms with Gasteiger partial charge in [-0.3, -0.25) is 0 Å². The molecular weight excluding hydrogens is 217 g/mol. The lowest BCUT2D eigenvalue weighted by Gasteiger charge is -2.39. The van der Waals surface area contributed by atoms with Crippen LogP contribution in [0.2, 0.25) is 0 Å². The molecule has 94 valence electrons. The highest BCUT2D eigenvalue weighted by Gasteiger charge is 2.24. The van der Waals surface area contributed by atoms with Crippen molar-refractivity contribution in [2.75, 3.05) is 11.4 Å². The summed E-state index contributed by atoms with van der Waals surface area (Å²) in [4.78, 5) is 2.29. The molecule has 1 aliphatic heterocycles. The summed E-state index contributed by atoms with van der Waals surface area (Å²) >= 11 is 0. The van der Waals surface area contributed by atoms with E-state index < -0.39 is 0 Å². The molecule has 2 unspecified atom stereocenters. The predicted octanol–water partition coefficient (Wildman–Crippen LogP) is 2.94. The van der Waals surface area contributed by atoms with Crippen LogP contribution >= 0.6 is 0 Å². The quantitative estimate of drug-likeness (QED) is 0.855. The van der Waals surface area contributed by atoms with Crippen LogP contribution in [-0.2, 0) is 6.61 Å². The van der Waals surface area contributed by atoms with Crippen molar-refractivity contribution in [3.63, 3.8) is 0 Å².